The Bertz CT molecular complexity index is 179. The Hall–Kier alpha value is -1.07. The van der Waals surface area contributed by atoms with Crippen LogP contribution in [0.15, 0.2) is 18.2 Å². The van der Waals surface area contributed by atoms with Crippen molar-refractivity contribution in [3.8, 4) is 0 Å². The summed E-state index contributed by atoms with van der Waals surface area (Å²) in [7, 11) is 3.19. The molecule has 110 valence electrons. The average molecular weight is 312 g/mol. The van der Waals surface area contributed by atoms with Crippen molar-refractivity contribution in [2.75, 3.05) is 13.2 Å². The van der Waals surface area contributed by atoms with Crippen molar-refractivity contribution in [2.45, 2.75) is 12.5 Å². The zero-order valence-electron chi connectivity index (χ0n) is 11.2. The molecule has 6 heteroatoms. The standard InChI is InChI=1S/C5H5.C4H7O2.3CH2O.CH3.Mn/c1-2-4-5-3-1;1-5-2-4-3-6-4;3*1-2;;/h1-3H,4H2;4H,1-3H2;3*1H2;1H3;/q2*-1;;;;-1;+3. The normalized spacial score (nSPS) is 14.9. The second kappa shape index (κ2) is 36.0. The van der Waals surface area contributed by atoms with Gasteiger partial charge in [-0.05, 0) is 0 Å². The fourth-order valence-corrected chi connectivity index (χ4v) is 0.636. The van der Waals surface area contributed by atoms with Crippen LogP contribution in [0.5, 0.6) is 0 Å². The first-order chi connectivity index (χ1) is 8.43. The first-order valence-electron chi connectivity index (χ1n) is 4.50. The van der Waals surface area contributed by atoms with Gasteiger partial charge in [0, 0.05) is 6.61 Å². The van der Waals surface area contributed by atoms with Crippen LogP contribution in [-0.4, -0.2) is 39.7 Å². The second-order valence-corrected chi connectivity index (χ2v) is 2.33. The SMILES string of the molecule is C=O.C=O.C=O.[C-]1=CC=CC1.[CH2-]OCC1CO1.[CH3-].[Mn+3]. The van der Waals surface area contributed by atoms with Crippen molar-refractivity contribution in [3.05, 3.63) is 38.8 Å². The van der Waals surface area contributed by atoms with Crippen LogP contribution in [0.1, 0.15) is 6.42 Å². The molecule has 0 aromatic rings. The molecule has 0 bridgehead atoms. The minimum absolute atomic E-state index is 0. The van der Waals surface area contributed by atoms with Crippen molar-refractivity contribution in [1.29, 1.82) is 0 Å². The van der Waals surface area contributed by atoms with Gasteiger partial charge in [-0.3, -0.25) is 6.08 Å². The van der Waals surface area contributed by atoms with E-state index in [0.29, 0.717) is 12.7 Å². The van der Waals surface area contributed by atoms with Crippen LogP contribution in [0, 0.1) is 20.6 Å². The van der Waals surface area contributed by atoms with Gasteiger partial charge >= 0.3 is 17.1 Å². The number of hydrogen-bond acceptors (Lipinski definition) is 5. The molecule has 1 aliphatic carbocycles. The smallest absolute Gasteiger partial charge is 0.553 e. The maximum absolute atomic E-state index is 8.00. The number of rotatable bonds is 2. The summed E-state index contributed by atoms with van der Waals surface area (Å²) in [6.07, 6.45) is 10.4. The number of carbonyl (C=O) groups excluding carboxylic acids is 3. The molecular formula is C13H21MnO5. The Morgan fingerprint density at radius 1 is 1.26 bits per heavy atom. The molecule has 1 atom stereocenters. The predicted molar refractivity (Wildman–Crippen MR) is 70.4 cm³/mol. The number of allylic oxidation sites excluding steroid dienone is 4. The maximum Gasteiger partial charge on any atom is 3.00 e. The van der Waals surface area contributed by atoms with E-state index < -0.39 is 0 Å². The average Bonchev–Trinajstić information content (AvgIpc) is 3.06. The third-order valence-corrected chi connectivity index (χ3v) is 1.29. The van der Waals surface area contributed by atoms with Crippen molar-refractivity contribution in [1.82, 2.24) is 0 Å². The Morgan fingerprint density at radius 3 is 1.84 bits per heavy atom. The number of hydrogen-bond donors (Lipinski definition) is 0. The second-order valence-electron chi connectivity index (χ2n) is 2.33. The molecule has 0 N–H and O–H groups in total. The zero-order chi connectivity index (χ0) is 13.9. The summed E-state index contributed by atoms with van der Waals surface area (Å²) >= 11 is 0. The molecule has 0 saturated carbocycles. The molecule has 0 aromatic heterocycles. The van der Waals surface area contributed by atoms with Gasteiger partial charge in [0.15, 0.2) is 0 Å². The van der Waals surface area contributed by atoms with Crippen LogP contribution >= 0.6 is 0 Å². The summed E-state index contributed by atoms with van der Waals surface area (Å²) in [6, 6.07) is 0. The van der Waals surface area contributed by atoms with Gasteiger partial charge in [-0.25, -0.2) is 19.3 Å². The molecule has 1 heterocycles. The van der Waals surface area contributed by atoms with E-state index in [2.05, 4.69) is 24.0 Å². The van der Waals surface area contributed by atoms with Crippen LogP contribution < -0.4 is 0 Å². The molecule has 1 aliphatic heterocycles. The van der Waals surface area contributed by atoms with Gasteiger partial charge in [0.25, 0.3) is 0 Å². The van der Waals surface area contributed by atoms with E-state index in [1.807, 2.05) is 32.5 Å². The Labute approximate surface area is 126 Å². The third kappa shape index (κ3) is 38.3. The van der Waals surface area contributed by atoms with Gasteiger partial charge in [0.05, 0.1) is 6.61 Å². The van der Waals surface area contributed by atoms with Crippen LogP contribution in [0.4, 0.5) is 0 Å². The van der Waals surface area contributed by atoms with E-state index in [1.165, 1.54) is 0 Å². The maximum atomic E-state index is 8.00. The summed E-state index contributed by atoms with van der Waals surface area (Å²) in [5.41, 5.74) is 0. The first-order valence-corrected chi connectivity index (χ1v) is 4.50. The van der Waals surface area contributed by atoms with Gasteiger partial charge in [0.1, 0.15) is 26.5 Å². The van der Waals surface area contributed by atoms with Gasteiger partial charge in [0.2, 0.25) is 0 Å². The fraction of sp³-hybridized carbons (Fsp3) is 0.308. The molecule has 1 fully saturated rings. The summed E-state index contributed by atoms with van der Waals surface area (Å²) < 4.78 is 9.27. The summed E-state index contributed by atoms with van der Waals surface area (Å²) in [4.78, 5) is 24.0. The van der Waals surface area contributed by atoms with E-state index in [1.54, 1.807) is 0 Å². The van der Waals surface area contributed by atoms with E-state index in [9.17, 15) is 0 Å². The van der Waals surface area contributed by atoms with Gasteiger partial charge in [-0.2, -0.15) is 6.08 Å². The zero-order valence-corrected chi connectivity index (χ0v) is 12.4. The number of carbonyl (C=O) groups is 3. The quantitative estimate of drug-likeness (QED) is 0.438. The van der Waals surface area contributed by atoms with Crippen LogP contribution in [0.3, 0.4) is 0 Å². The van der Waals surface area contributed by atoms with Crippen molar-refractivity contribution >= 4 is 20.4 Å². The molecule has 2 rings (SSSR count). The Kier molecular flexibility index (Phi) is 58.2. The minimum atomic E-state index is 0. The summed E-state index contributed by atoms with van der Waals surface area (Å²) in [6.45, 7) is 7.51. The molecule has 2 aliphatic rings. The van der Waals surface area contributed by atoms with Gasteiger partial charge in [-0.1, -0.05) is 0 Å². The number of ether oxygens (including phenoxy) is 2. The third-order valence-electron chi connectivity index (χ3n) is 1.29. The summed E-state index contributed by atoms with van der Waals surface area (Å²) in [5, 5.41) is 0. The van der Waals surface area contributed by atoms with Crippen LogP contribution in [0.2, 0.25) is 0 Å². The van der Waals surface area contributed by atoms with Crippen molar-refractivity contribution in [3.63, 3.8) is 0 Å². The Balaban J connectivity index is -0.0000000464. The Morgan fingerprint density at radius 2 is 1.74 bits per heavy atom. The molecular weight excluding hydrogens is 291 g/mol. The van der Waals surface area contributed by atoms with Crippen LogP contribution in [0.25, 0.3) is 0 Å². The molecule has 1 saturated heterocycles. The molecule has 0 aromatic carbocycles. The minimum Gasteiger partial charge on any atom is -0.553 e. The monoisotopic (exact) mass is 312 g/mol. The van der Waals surface area contributed by atoms with E-state index in [-0.39, 0.29) is 24.5 Å². The molecule has 1 unspecified atom stereocenters. The van der Waals surface area contributed by atoms with E-state index in [0.717, 1.165) is 13.0 Å². The van der Waals surface area contributed by atoms with E-state index >= 15 is 0 Å². The first kappa shape index (κ1) is 30.7. The molecule has 0 spiro atoms. The molecule has 19 heavy (non-hydrogen) atoms. The fourth-order valence-electron chi connectivity index (χ4n) is 0.636. The van der Waals surface area contributed by atoms with E-state index in [4.69, 9.17) is 19.1 Å². The summed E-state index contributed by atoms with van der Waals surface area (Å²) in [5.74, 6) is 0. The van der Waals surface area contributed by atoms with Crippen molar-refractivity contribution < 1.29 is 40.9 Å². The number of epoxide rings is 1. The molecule has 0 radical (unpaired) electrons. The van der Waals surface area contributed by atoms with Gasteiger partial charge < -0.3 is 31.3 Å². The van der Waals surface area contributed by atoms with Gasteiger partial charge in [-0.15, -0.1) is 6.42 Å². The topological polar surface area (TPSA) is 73.0 Å². The molecule has 0 amide bonds. The van der Waals surface area contributed by atoms with Crippen LogP contribution in [-0.2, 0) is 40.9 Å². The largest absolute Gasteiger partial charge is 3.00 e. The predicted octanol–water partition coefficient (Wildman–Crippen LogP) is 1.39. The molecule has 5 nitrogen and oxygen atoms in total. The van der Waals surface area contributed by atoms with Crippen molar-refractivity contribution in [2.24, 2.45) is 0 Å².